The SMILES string of the molecule is Cc1ccnc(N2CCCC(CNC(C)C)C2)n1. The topological polar surface area (TPSA) is 41.1 Å². The summed E-state index contributed by atoms with van der Waals surface area (Å²) in [6, 6.07) is 2.52. The highest BCUT2D eigenvalue weighted by molar-refractivity contribution is 5.30. The third-order valence-corrected chi connectivity index (χ3v) is 3.40. The quantitative estimate of drug-likeness (QED) is 0.885. The molecule has 1 atom stereocenters. The number of rotatable bonds is 4. The smallest absolute Gasteiger partial charge is 0.225 e. The van der Waals surface area contributed by atoms with Crippen LogP contribution in [0.5, 0.6) is 0 Å². The first-order valence-corrected chi connectivity index (χ1v) is 6.93. The van der Waals surface area contributed by atoms with Gasteiger partial charge in [-0.25, -0.2) is 9.97 Å². The predicted molar refractivity (Wildman–Crippen MR) is 74.8 cm³/mol. The summed E-state index contributed by atoms with van der Waals surface area (Å²) in [6.07, 6.45) is 4.40. The molecule has 1 aliphatic rings. The molecule has 0 amide bonds. The Morgan fingerprint density at radius 3 is 3.06 bits per heavy atom. The van der Waals surface area contributed by atoms with Crippen molar-refractivity contribution >= 4 is 5.95 Å². The van der Waals surface area contributed by atoms with Crippen molar-refractivity contribution in [1.82, 2.24) is 15.3 Å². The fourth-order valence-electron chi connectivity index (χ4n) is 2.40. The molecule has 2 heterocycles. The van der Waals surface area contributed by atoms with Crippen molar-refractivity contribution in [2.45, 2.75) is 39.7 Å². The van der Waals surface area contributed by atoms with Crippen molar-refractivity contribution in [1.29, 1.82) is 0 Å². The molecule has 100 valence electrons. The van der Waals surface area contributed by atoms with Gasteiger partial charge in [0.1, 0.15) is 0 Å². The van der Waals surface area contributed by atoms with Crippen molar-refractivity contribution in [3.63, 3.8) is 0 Å². The van der Waals surface area contributed by atoms with Gasteiger partial charge in [-0.05, 0) is 38.3 Å². The van der Waals surface area contributed by atoms with Crippen LogP contribution in [0, 0.1) is 12.8 Å². The average molecular weight is 248 g/mol. The van der Waals surface area contributed by atoms with E-state index in [1.807, 2.05) is 19.2 Å². The van der Waals surface area contributed by atoms with E-state index in [2.05, 4.69) is 34.0 Å². The van der Waals surface area contributed by atoms with Crippen molar-refractivity contribution in [2.75, 3.05) is 24.5 Å². The number of aromatic nitrogens is 2. The van der Waals surface area contributed by atoms with E-state index >= 15 is 0 Å². The lowest BCUT2D eigenvalue weighted by molar-refractivity contribution is 0.376. The van der Waals surface area contributed by atoms with E-state index in [0.717, 1.165) is 31.3 Å². The molecule has 1 saturated heterocycles. The first-order chi connectivity index (χ1) is 8.65. The Morgan fingerprint density at radius 2 is 2.33 bits per heavy atom. The number of anilines is 1. The first-order valence-electron chi connectivity index (χ1n) is 6.93. The number of piperidine rings is 1. The van der Waals surface area contributed by atoms with Crippen molar-refractivity contribution in [3.8, 4) is 0 Å². The second-order valence-electron chi connectivity index (χ2n) is 5.52. The monoisotopic (exact) mass is 248 g/mol. The summed E-state index contributed by atoms with van der Waals surface area (Å²) in [4.78, 5) is 11.2. The molecule has 18 heavy (non-hydrogen) atoms. The molecular weight excluding hydrogens is 224 g/mol. The zero-order chi connectivity index (χ0) is 13.0. The van der Waals surface area contributed by atoms with Gasteiger partial charge >= 0.3 is 0 Å². The number of nitrogens with zero attached hydrogens (tertiary/aromatic N) is 3. The van der Waals surface area contributed by atoms with Gasteiger partial charge in [-0.3, -0.25) is 0 Å². The van der Waals surface area contributed by atoms with Gasteiger partial charge in [0.15, 0.2) is 0 Å². The van der Waals surface area contributed by atoms with Crippen LogP contribution >= 0.6 is 0 Å². The second-order valence-corrected chi connectivity index (χ2v) is 5.52. The van der Waals surface area contributed by atoms with E-state index in [0.29, 0.717) is 12.0 Å². The molecule has 0 bridgehead atoms. The molecule has 0 spiro atoms. The summed E-state index contributed by atoms with van der Waals surface area (Å²) in [5, 5.41) is 3.53. The maximum atomic E-state index is 4.52. The summed E-state index contributed by atoms with van der Waals surface area (Å²) in [5.74, 6) is 1.61. The van der Waals surface area contributed by atoms with Crippen LogP contribution in [-0.4, -0.2) is 35.6 Å². The zero-order valence-electron chi connectivity index (χ0n) is 11.7. The molecular formula is C14H24N4. The van der Waals surface area contributed by atoms with Gasteiger partial charge in [-0.2, -0.15) is 0 Å². The highest BCUT2D eigenvalue weighted by Crippen LogP contribution is 2.19. The fourth-order valence-corrected chi connectivity index (χ4v) is 2.40. The lowest BCUT2D eigenvalue weighted by atomic mass is 9.98. The molecule has 2 rings (SSSR count). The first kappa shape index (κ1) is 13.3. The summed E-state index contributed by atoms with van der Waals surface area (Å²) in [5.41, 5.74) is 1.04. The molecule has 0 saturated carbocycles. The van der Waals surface area contributed by atoms with Crippen LogP contribution in [0.25, 0.3) is 0 Å². The largest absolute Gasteiger partial charge is 0.340 e. The molecule has 1 unspecified atom stereocenters. The molecule has 1 aromatic rings. The van der Waals surface area contributed by atoms with Crippen LogP contribution in [0.3, 0.4) is 0 Å². The molecule has 4 nitrogen and oxygen atoms in total. The Bertz CT molecular complexity index is 378. The van der Waals surface area contributed by atoms with Gasteiger partial charge in [-0.15, -0.1) is 0 Å². The Labute approximate surface area is 110 Å². The average Bonchev–Trinajstić information content (AvgIpc) is 2.37. The van der Waals surface area contributed by atoms with Crippen LogP contribution in [0.4, 0.5) is 5.95 Å². The van der Waals surface area contributed by atoms with Crippen LogP contribution in [0.15, 0.2) is 12.3 Å². The van der Waals surface area contributed by atoms with E-state index in [1.54, 1.807) is 0 Å². The van der Waals surface area contributed by atoms with Gasteiger partial charge in [0.05, 0.1) is 0 Å². The molecule has 1 fully saturated rings. The number of hydrogen-bond acceptors (Lipinski definition) is 4. The third-order valence-electron chi connectivity index (χ3n) is 3.40. The van der Waals surface area contributed by atoms with Crippen molar-refractivity contribution in [2.24, 2.45) is 5.92 Å². The highest BCUT2D eigenvalue weighted by atomic mass is 15.3. The molecule has 0 aromatic carbocycles. The Morgan fingerprint density at radius 1 is 1.50 bits per heavy atom. The minimum atomic E-state index is 0.565. The molecule has 1 aliphatic heterocycles. The van der Waals surface area contributed by atoms with Gasteiger partial charge in [0.25, 0.3) is 0 Å². The number of aryl methyl sites for hydroxylation is 1. The summed E-state index contributed by atoms with van der Waals surface area (Å²) in [6.45, 7) is 9.67. The van der Waals surface area contributed by atoms with Crippen LogP contribution < -0.4 is 10.2 Å². The minimum Gasteiger partial charge on any atom is -0.340 e. The molecule has 1 aromatic heterocycles. The molecule has 0 aliphatic carbocycles. The lowest BCUT2D eigenvalue weighted by Gasteiger charge is -2.33. The third kappa shape index (κ3) is 3.67. The fraction of sp³-hybridized carbons (Fsp3) is 0.714. The lowest BCUT2D eigenvalue weighted by Crippen LogP contribution is -2.41. The zero-order valence-corrected chi connectivity index (χ0v) is 11.7. The van der Waals surface area contributed by atoms with E-state index < -0.39 is 0 Å². The predicted octanol–water partition coefficient (Wildman–Crippen LogP) is 2.00. The van der Waals surface area contributed by atoms with Crippen LogP contribution in [0.2, 0.25) is 0 Å². The normalized spacial score (nSPS) is 20.4. The molecule has 1 N–H and O–H groups in total. The summed E-state index contributed by atoms with van der Waals surface area (Å²) >= 11 is 0. The standard InChI is InChI=1S/C14H24N4/c1-11(2)16-9-13-5-4-8-18(10-13)14-15-7-6-12(3)17-14/h6-7,11,13,16H,4-5,8-10H2,1-3H3. The maximum Gasteiger partial charge on any atom is 0.225 e. The van der Waals surface area contributed by atoms with Gasteiger partial charge in [0, 0.05) is 31.0 Å². The molecule has 4 heteroatoms. The highest BCUT2D eigenvalue weighted by Gasteiger charge is 2.21. The van der Waals surface area contributed by atoms with Crippen LogP contribution in [0.1, 0.15) is 32.4 Å². The van der Waals surface area contributed by atoms with Crippen LogP contribution in [-0.2, 0) is 0 Å². The van der Waals surface area contributed by atoms with E-state index in [4.69, 9.17) is 0 Å². The van der Waals surface area contributed by atoms with E-state index in [9.17, 15) is 0 Å². The summed E-state index contributed by atoms with van der Waals surface area (Å²) < 4.78 is 0. The molecule has 0 radical (unpaired) electrons. The maximum absolute atomic E-state index is 4.52. The van der Waals surface area contributed by atoms with Gasteiger partial charge in [-0.1, -0.05) is 13.8 Å². The Hall–Kier alpha value is -1.16. The van der Waals surface area contributed by atoms with E-state index in [1.165, 1.54) is 12.8 Å². The van der Waals surface area contributed by atoms with E-state index in [-0.39, 0.29) is 0 Å². The Balaban J connectivity index is 1.94. The minimum absolute atomic E-state index is 0.565. The van der Waals surface area contributed by atoms with Crippen molar-refractivity contribution in [3.05, 3.63) is 18.0 Å². The summed E-state index contributed by atoms with van der Waals surface area (Å²) in [7, 11) is 0. The van der Waals surface area contributed by atoms with Crippen molar-refractivity contribution < 1.29 is 0 Å². The van der Waals surface area contributed by atoms with Gasteiger partial charge in [0.2, 0.25) is 5.95 Å². The second kappa shape index (κ2) is 6.14. The number of nitrogens with one attached hydrogen (secondary N) is 1. The Kier molecular flexibility index (Phi) is 4.53. The van der Waals surface area contributed by atoms with Gasteiger partial charge < -0.3 is 10.2 Å². The number of hydrogen-bond donors (Lipinski definition) is 1.